The van der Waals surface area contributed by atoms with E-state index in [9.17, 15) is 4.79 Å². The number of carbonyl (C=O) groups excluding carboxylic acids is 1. The predicted octanol–water partition coefficient (Wildman–Crippen LogP) is 2.90. The lowest BCUT2D eigenvalue weighted by molar-refractivity contribution is -0.124. The lowest BCUT2D eigenvalue weighted by Crippen LogP contribution is -2.42. The Bertz CT molecular complexity index is 502. The molecule has 0 bridgehead atoms. The molecule has 1 aromatic rings. The van der Waals surface area contributed by atoms with Crippen molar-refractivity contribution in [1.29, 1.82) is 0 Å². The van der Waals surface area contributed by atoms with Crippen molar-refractivity contribution in [3.8, 4) is 5.75 Å². The SMILES string of the molecule is CNCC(C)C(=O)NCC1(c2cccc(OC)c2)CCCC1.Cl. The number of hydrogen-bond donors (Lipinski definition) is 2. The van der Waals surface area contributed by atoms with Crippen LogP contribution in [-0.4, -0.2) is 33.2 Å². The van der Waals surface area contributed by atoms with Gasteiger partial charge in [0.25, 0.3) is 0 Å². The topological polar surface area (TPSA) is 50.4 Å². The summed E-state index contributed by atoms with van der Waals surface area (Å²) in [5, 5.41) is 6.22. The first-order valence-corrected chi connectivity index (χ1v) is 8.18. The van der Waals surface area contributed by atoms with Gasteiger partial charge in [0.05, 0.1) is 7.11 Å². The number of rotatable bonds is 7. The van der Waals surface area contributed by atoms with Gasteiger partial charge >= 0.3 is 0 Å². The Balaban J connectivity index is 0.00000264. The first kappa shape index (κ1) is 19.8. The Hall–Kier alpha value is -1.26. The van der Waals surface area contributed by atoms with Gasteiger partial charge in [-0.15, -0.1) is 12.4 Å². The third-order valence-electron chi connectivity index (χ3n) is 4.80. The third kappa shape index (κ3) is 4.85. The molecule has 1 fully saturated rings. The summed E-state index contributed by atoms with van der Waals surface area (Å²) in [5.41, 5.74) is 1.34. The van der Waals surface area contributed by atoms with Crippen molar-refractivity contribution in [2.45, 2.75) is 38.0 Å². The van der Waals surface area contributed by atoms with Gasteiger partial charge in [0.15, 0.2) is 0 Å². The minimum absolute atomic E-state index is 0. The summed E-state index contributed by atoms with van der Waals surface area (Å²) >= 11 is 0. The molecule has 1 atom stereocenters. The van der Waals surface area contributed by atoms with Crippen molar-refractivity contribution in [2.24, 2.45) is 5.92 Å². The Labute approximate surface area is 145 Å². The molecule has 1 unspecified atom stereocenters. The number of methoxy groups -OCH3 is 1. The second kappa shape index (κ2) is 9.14. The third-order valence-corrected chi connectivity index (χ3v) is 4.80. The molecular formula is C18H29ClN2O2. The van der Waals surface area contributed by atoms with Gasteiger partial charge in [-0.3, -0.25) is 4.79 Å². The van der Waals surface area contributed by atoms with E-state index in [0.29, 0.717) is 13.1 Å². The van der Waals surface area contributed by atoms with Gasteiger partial charge < -0.3 is 15.4 Å². The van der Waals surface area contributed by atoms with E-state index in [1.807, 2.05) is 26.1 Å². The van der Waals surface area contributed by atoms with Gasteiger partial charge in [-0.25, -0.2) is 0 Å². The zero-order chi connectivity index (χ0) is 16.0. The maximum absolute atomic E-state index is 12.2. The smallest absolute Gasteiger partial charge is 0.224 e. The van der Waals surface area contributed by atoms with Crippen molar-refractivity contribution >= 4 is 18.3 Å². The molecule has 1 aliphatic rings. The van der Waals surface area contributed by atoms with Crippen molar-refractivity contribution in [3.63, 3.8) is 0 Å². The maximum atomic E-state index is 12.2. The molecule has 1 saturated carbocycles. The number of benzene rings is 1. The zero-order valence-corrected chi connectivity index (χ0v) is 15.2. The van der Waals surface area contributed by atoms with E-state index in [-0.39, 0.29) is 29.6 Å². The molecule has 0 aromatic heterocycles. The van der Waals surface area contributed by atoms with Gasteiger partial charge in [0, 0.05) is 24.4 Å². The fourth-order valence-electron chi connectivity index (χ4n) is 3.40. The summed E-state index contributed by atoms with van der Waals surface area (Å²) in [6.45, 7) is 3.38. The van der Waals surface area contributed by atoms with Crippen molar-refractivity contribution < 1.29 is 9.53 Å². The van der Waals surface area contributed by atoms with E-state index in [1.165, 1.54) is 18.4 Å². The second-order valence-electron chi connectivity index (χ2n) is 6.40. The molecule has 1 aromatic carbocycles. The Morgan fingerprint density at radius 3 is 2.65 bits per heavy atom. The molecule has 2 N–H and O–H groups in total. The van der Waals surface area contributed by atoms with Gasteiger partial charge in [0.2, 0.25) is 5.91 Å². The Kier molecular flexibility index (Phi) is 7.86. The number of hydrogen-bond acceptors (Lipinski definition) is 3. The van der Waals surface area contributed by atoms with Gasteiger partial charge in [-0.05, 0) is 37.6 Å². The highest BCUT2D eigenvalue weighted by molar-refractivity contribution is 5.85. The van der Waals surface area contributed by atoms with Crippen molar-refractivity contribution in [2.75, 3.05) is 27.2 Å². The summed E-state index contributed by atoms with van der Waals surface area (Å²) in [4.78, 5) is 12.2. The standard InChI is InChI=1S/C18H28N2O2.ClH/c1-14(12-19-2)17(21)20-13-18(9-4-5-10-18)15-7-6-8-16(11-15)22-3;/h6-8,11,14,19H,4-5,9-10,12-13H2,1-3H3,(H,20,21);1H. The fraction of sp³-hybridized carbons (Fsp3) is 0.611. The van der Waals surface area contributed by atoms with Crippen molar-refractivity contribution in [3.05, 3.63) is 29.8 Å². The van der Waals surface area contributed by atoms with Gasteiger partial charge in [-0.1, -0.05) is 31.9 Å². The summed E-state index contributed by atoms with van der Waals surface area (Å²) in [5.74, 6) is 1.01. The molecule has 0 radical (unpaired) electrons. The highest BCUT2D eigenvalue weighted by Crippen LogP contribution is 2.41. The van der Waals surface area contributed by atoms with E-state index in [2.05, 4.69) is 22.8 Å². The molecule has 2 rings (SSSR count). The fourth-order valence-corrected chi connectivity index (χ4v) is 3.40. The number of ether oxygens (including phenoxy) is 1. The van der Waals surface area contributed by atoms with E-state index in [4.69, 9.17) is 4.74 Å². The van der Waals surface area contributed by atoms with Crippen LogP contribution in [0.5, 0.6) is 5.75 Å². The van der Waals surface area contributed by atoms with Crippen LogP contribution in [-0.2, 0) is 10.2 Å². The lowest BCUT2D eigenvalue weighted by atomic mass is 9.78. The van der Waals surface area contributed by atoms with E-state index >= 15 is 0 Å². The van der Waals surface area contributed by atoms with Crippen LogP contribution in [0.4, 0.5) is 0 Å². The summed E-state index contributed by atoms with van der Waals surface area (Å²) in [6.07, 6.45) is 4.69. The van der Waals surface area contributed by atoms with E-state index in [0.717, 1.165) is 18.6 Å². The highest BCUT2D eigenvalue weighted by Gasteiger charge is 2.36. The van der Waals surface area contributed by atoms with Crippen LogP contribution in [0.25, 0.3) is 0 Å². The number of nitrogens with one attached hydrogen (secondary N) is 2. The van der Waals surface area contributed by atoms with Crippen LogP contribution in [0.2, 0.25) is 0 Å². The summed E-state index contributed by atoms with van der Waals surface area (Å²) in [6, 6.07) is 8.30. The summed E-state index contributed by atoms with van der Waals surface area (Å²) < 4.78 is 5.36. The molecule has 0 aliphatic heterocycles. The monoisotopic (exact) mass is 340 g/mol. The Morgan fingerprint density at radius 2 is 2.04 bits per heavy atom. The largest absolute Gasteiger partial charge is 0.497 e. The lowest BCUT2D eigenvalue weighted by Gasteiger charge is -2.31. The van der Waals surface area contributed by atoms with Crippen LogP contribution in [0, 0.1) is 5.92 Å². The van der Waals surface area contributed by atoms with Crippen LogP contribution in [0.15, 0.2) is 24.3 Å². The molecule has 1 amide bonds. The first-order chi connectivity index (χ1) is 10.6. The second-order valence-corrected chi connectivity index (χ2v) is 6.40. The van der Waals surface area contributed by atoms with Crippen LogP contribution < -0.4 is 15.4 Å². The molecule has 0 spiro atoms. The molecule has 0 saturated heterocycles. The minimum atomic E-state index is -0.00578. The Morgan fingerprint density at radius 1 is 1.35 bits per heavy atom. The number of carbonyl (C=O) groups is 1. The van der Waals surface area contributed by atoms with Gasteiger partial charge in [0.1, 0.15) is 5.75 Å². The van der Waals surface area contributed by atoms with E-state index in [1.54, 1.807) is 7.11 Å². The van der Waals surface area contributed by atoms with Gasteiger partial charge in [-0.2, -0.15) is 0 Å². The maximum Gasteiger partial charge on any atom is 0.224 e. The van der Waals surface area contributed by atoms with Crippen LogP contribution in [0.3, 0.4) is 0 Å². The predicted molar refractivity (Wildman–Crippen MR) is 96.5 cm³/mol. The van der Waals surface area contributed by atoms with Crippen molar-refractivity contribution in [1.82, 2.24) is 10.6 Å². The molecule has 4 nitrogen and oxygen atoms in total. The summed E-state index contributed by atoms with van der Waals surface area (Å²) in [7, 11) is 3.57. The average Bonchev–Trinajstić information content (AvgIpc) is 3.03. The molecular weight excluding hydrogens is 312 g/mol. The van der Waals surface area contributed by atoms with E-state index < -0.39 is 0 Å². The van der Waals surface area contributed by atoms with Crippen LogP contribution in [0.1, 0.15) is 38.2 Å². The molecule has 5 heteroatoms. The average molecular weight is 341 g/mol. The molecule has 0 heterocycles. The number of halogens is 1. The molecule has 1 aliphatic carbocycles. The zero-order valence-electron chi connectivity index (χ0n) is 14.4. The van der Waals surface area contributed by atoms with Crippen LogP contribution >= 0.6 is 12.4 Å². The number of amides is 1. The highest BCUT2D eigenvalue weighted by atomic mass is 35.5. The molecule has 23 heavy (non-hydrogen) atoms. The minimum Gasteiger partial charge on any atom is -0.497 e. The normalized spacial score (nSPS) is 17.2. The quantitative estimate of drug-likeness (QED) is 0.802. The molecule has 130 valence electrons. The first-order valence-electron chi connectivity index (χ1n) is 8.18.